The minimum Gasteiger partial charge on any atom is -0.462 e. The molecule has 0 heterocycles. The topological polar surface area (TPSA) is 93.1 Å². The number of hydrogen-bond donors (Lipinski definition) is 2. The van der Waals surface area contributed by atoms with Crippen molar-refractivity contribution < 1.29 is 29.3 Å². The van der Waals surface area contributed by atoms with E-state index in [0.717, 1.165) is 0 Å². The summed E-state index contributed by atoms with van der Waals surface area (Å²) in [6.45, 7) is 4.31. The quantitative estimate of drug-likeness (QED) is 0.436. The Morgan fingerprint density at radius 2 is 1.15 bits per heavy atom. The fourth-order valence-corrected chi connectivity index (χ4v) is 2.28. The molecule has 146 valence electrons. The number of rotatable bonds is 12. The van der Waals surface area contributed by atoms with Gasteiger partial charge in [-0.3, -0.25) is 0 Å². The molecular formula is C20H30O6. The third-order valence-electron chi connectivity index (χ3n) is 4.13. The van der Waals surface area contributed by atoms with Crippen LogP contribution in [0.1, 0.15) is 73.1 Å². The molecule has 2 unspecified atom stereocenters. The number of benzene rings is 1. The molecule has 2 atom stereocenters. The highest BCUT2D eigenvalue weighted by molar-refractivity contribution is 5.93. The van der Waals surface area contributed by atoms with Crippen molar-refractivity contribution >= 4 is 11.9 Å². The van der Waals surface area contributed by atoms with Gasteiger partial charge in [0.25, 0.3) is 0 Å². The van der Waals surface area contributed by atoms with Gasteiger partial charge in [-0.15, -0.1) is 0 Å². The molecule has 0 aromatic heterocycles. The number of carbonyl (C=O) groups is 2. The molecule has 2 N–H and O–H groups in total. The van der Waals surface area contributed by atoms with E-state index in [0.29, 0.717) is 49.7 Å². The first kappa shape index (κ1) is 22.1. The van der Waals surface area contributed by atoms with Gasteiger partial charge >= 0.3 is 11.9 Å². The van der Waals surface area contributed by atoms with Crippen LogP contribution in [0.25, 0.3) is 0 Å². The van der Waals surface area contributed by atoms with Crippen LogP contribution in [0, 0.1) is 0 Å². The van der Waals surface area contributed by atoms with Crippen LogP contribution in [0.4, 0.5) is 0 Å². The van der Waals surface area contributed by atoms with Gasteiger partial charge in [-0.2, -0.15) is 0 Å². The lowest BCUT2D eigenvalue weighted by Gasteiger charge is -2.09. The van der Waals surface area contributed by atoms with E-state index in [1.165, 1.54) is 24.3 Å². The second-order valence-electron chi connectivity index (χ2n) is 6.26. The van der Waals surface area contributed by atoms with Crippen LogP contribution in [0.5, 0.6) is 0 Å². The van der Waals surface area contributed by atoms with Crippen LogP contribution < -0.4 is 0 Å². The first-order valence-corrected chi connectivity index (χ1v) is 9.28. The van der Waals surface area contributed by atoms with E-state index in [1.807, 2.05) is 13.8 Å². The van der Waals surface area contributed by atoms with Gasteiger partial charge in [-0.05, 0) is 62.8 Å². The molecule has 0 aliphatic rings. The zero-order chi connectivity index (χ0) is 19.4. The Kier molecular flexibility index (Phi) is 10.6. The highest BCUT2D eigenvalue weighted by Gasteiger charge is 2.11. The van der Waals surface area contributed by atoms with Crippen molar-refractivity contribution in [3.05, 3.63) is 35.4 Å². The van der Waals surface area contributed by atoms with E-state index in [2.05, 4.69) is 0 Å². The van der Waals surface area contributed by atoms with Crippen LogP contribution in [0.15, 0.2) is 24.3 Å². The predicted octanol–water partition coefficient (Wildman–Crippen LogP) is 3.10. The van der Waals surface area contributed by atoms with E-state index in [-0.39, 0.29) is 25.4 Å². The van der Waals surface area contributed by atoms with Gasteiger partial charge in [0.2, 0.25) is 0 Å². The average Bonchev–Trinajstić information content (AvgIpc) is 2.67. The molecule has 0 fully saturated rings. The third kappa shape index (κ3) is 8.45. The van der Waals surface area contributed by atoms with Crippen molar-refractivity contribution in [3.8, 4) is 0 Å². The molecule has 6 nitrogen and oxygen atoms in total. The molecule has 0 spiro atoms. The first-order chi connectivity index (χ1) is 12.5. The highest BCUT2D eigenvalue weighted by atomic mass is 16.5. The number of aliphatic hydroxyl groups is 2. The largest absolute Gasteiger partial charge is 0.462 e. The lowest BCUT2D eigenvalue weighted by atomic mass is 10.1. The lowest BCUT2D eigenvalue weighted by Crippen LogP contribution is -2.11. The van der Waals surface area contributed by atoms with Crippen molar-refractivity contribution in [3.63, 3.8) is 0 Å². The van der Waals surface area contributed by atoms with Crippen molar-refractivity contribution in [2.45, 2.75) is 64.6 Å². The summed E-state index contributed by atoms with van der Waals surface area (Å²) < 4.78 is 10.3. The summed E-state index contributed by atoms with van der Waals surface area (Å²) in [5.74, 6) is -0.908. The highest BCUT2D eigenvalue weighted by Crippen LogP contribution is 2.09. The maximum Gasteiger partial charge on any atom is 0.338 e. The van der Waals surface area contributed by atoms with Gasteiger partial charge in [-0.25, -0.2) is 9.59 Å². The summed E-state index contributed by atoms with van der Waals surface area (Å²) in [6.07, 6.45) is 3.08. The maximum atomic E-state index is 11.9. The Labute approximate surface area is 155 Å². The van der Waals surface area contributed by atoms with Crippen LogP contribution in [0.2, 0.25) is 0 Å². The average molecular weight is 366 g/mol. The molecule has 1 aromatic carbocycles. The molecule has 0 aliphatic carbocycles. The minimum atomic E-state index is -0.454. The fourth-order valence-electron chi connectivity index (χ4n) is 2.28. The standard InChI is InChI=1S/C20H30O6/c1-3-17(21)7-5-13-25-19(23)15-9-11-16(12-10-15)20(24)26-14-6-8-18(22)4-2/h9-12,17-18,21-22H,3-8,13-14H2,1-2H3. The zero-order valence-electron chi connectivity index (χ0n) is 15.6. The van der Waals surface area contributed by atoms with E-state index < -0.39 is 11.9 Å². The van der Waals surface area contributed by atoms with Gasteiger partial charge in [0.1, 0.15) is 0 Å². The van der Waals surface area contributed by atoms with Gasteiger partial charge in [0, 0.05) is 0 Å². The zero-order valence-corrected chi connectivity index (χ0v) is 15.6. The number of ether oxygens (including phenoxy) is 2. The molecule has 0 saturated heterocycles. The van der Waals surface area contributed by atoms with E-state index >= 15 is 0 Å². The van der Waals surface area contributed by atoms with E-state index in [4.69, 9.17) is 9.47 Å². The Hall–Kier alpha value is -1.92. The monoisotopic (exact) mass is 366 g/mol. The van der Waals surface area contributed by atoms with Crippen LogP contribution in [-0.4, -0.2) is 47.6 Å². The Morgan fingerprint density at radius 1 is 0.808 bits per heavy atom. The molecule has 1 aromatic rings. The van der Waals surface area contributed by atoms with Gasteiger partial charge < -0.3 is 19.7 Å². The molecule has 0 amide bonds. The number of hydrogen-bond acceptors (Lipinski definition) is 6. The molecule has 0 saturated carbocycles. The SMILES string of the molecule is CCC(O)CCCOC(=O)c1ccc(C(=O)OCCCC(O)CC)cc1. The molecule has 1 rings (SSSR count). The number of aliphatic hydroxyl groups excluding tert-OH is 2. The van der Waals surface area contributed by atoms with Gasteiger partial charge in [0.15, 0.2) is 0 Å². The smallest absolute Gasteiger partial charge is 0.338 e. The summed E-state index contributed by atoms with van der Waals surface area (Å²) in [4.78, 5) is 23.8. The summed E-state index contributed by atoms with van der Waals surface area (Å²) in [5, 5.41) is 18.9. The Balaban J connectivity index is 2.35. The van der Waals surface area contributed by atoms with Gasteiger partial charge in [-0.1, -0.05) is 13.8 Å². The van der Waals surface area contributed by atoms with Gasteiger partial charge in [0.05, 0.1) is 36.5 Å². The van der Waals surface area contributed by atoms with Crippen molar-refractivity contribution in [2.75, 3.05) is 13.2 Å². The second-order valence-corrected chi connectivity index (χ2v) is 6.26. The molecule has 0 aliphatic heterocycles. The Morgan fingerprint density at radius 3 is 1.46 bits per heavy atom. The maximum absolute atomic E-state index is 11.9. The van der Waals surface area contributed by atoms with E-state index in [9.17, 15) is 19.8 Å². The minimum absolute atomic E-state index is 0.253. The number of esters is 2. The van der Waals surface area contributed by atoms with Crippen molar-refractivity contribution in [1.82, 2.24) is 0 Å². The lowest BCUT2D eigenvalue weighted by molar-refractivity contribution is 0.0463. The summed E-state index contributed by atoms with van der Waals surface area (Å²) in [5.41, 5.74) is 0.729. The van der Waals surface area contributed by atoms with E-state index in [1.54, 1.807) is 0 Å². The first-order valence-electron chi connectivity index (χ1n) is 9.28. The molecule has 6 heteroatoms. The van der Waals surface area contributed by atoms with Crippen LogP contribution in [-0.2, 0) is 9.47 Å². The molecule has 26 heavy (non-hydrogen) atoms. The molecule has 0 bridgehead atoms. The molecular weight excluding hydrogens is 336 g/mol. The van der Waals surface area contributed by atoms with Crippen LogP contribution in [0.3, 0.4) is 0 Å². The summed E-state index contributed by atoms with van der Waals surface area (Å²) in [6, 6.07) is 6.11. The molecule has 0 radical (unpaired) electrons. The normalized spacial score (nSPS) is 13.1. The third-order valence-corrected chi connectivity index (χ3v) is 4.13. The fraction of sp³-hybridized carbons (Fsp3) is 0.600. The van der Waals surface area contributed by atoms with Crippen LogP contribution >= 0.6 is 0 Å². The Bertz CT molecular complexity index is 491. The number of carbonyl (C=O) groups excluding carboxylic acids is 2. The predicted molar refractivity (Wildman–Crippen MR) is 98.1 cm³/mol. The van der Waals surface area contributed by atoms with Crippen molar-refractivity contribution in [2.24, 2.45) is 0 Å². The second kappa shape index (κ2) is 12.4. The summed E-state index contributed by atoms with van der Waals surface area (Å²) >= 11 is 0. The van der Waals surface area contributed by atoms with Crippen molar-refractivity contribution in [1.29, 1.82) is 0 Å². The summed E-state index contributed by atoms with van der Waals surface area (Å²) in [7, 11) is 0.